The zero-order valence-corrected chi connectivity index (χ0v) is 22.9. The Bertz CT molecular complexity index is 978. The molecule has 13 heteroatoms. The van der Waals surface area contributed by atoms with E-state index in [1.807, 2.05) is 6.92 Å². The van der Waals surface area contributed by atoms with Gasteiger partial charge in [0.2, 0.25) is 0 Å². The van der Waals surface area contributed by atoms with Gasteiger partial charge in [-0.25, -0.2) is 0 Å². The number of hydrogen-bond donors (Lipinski definition) is 1. The summed E-state index contributed by atoms with van der Waals surface area (Å²) in [5, 5.41) is 9.30. The summed E-state index contributed by atoms with van der Waals surface area (Å²) >= 11 is 0. The molecule has 0 amide bonds. The van der Waals surface area contributed by atoms with E-state index < -0.39 is 84.3 Å². The minimum Gasteiger partial charge on any atom is -0.458 e. The fourth-order valence-corrected chi connectivity index (χ4v) is 7.61. The second-order valence-corrected chi connectivity index (χ2v) is 12.9. The first-order valence-electron chi connectivity index (χ1n) is 13.7. The Balaban J connectivity index is 1.42. The molecular formula is C27H36F6O7. The van der Waals surface area contributed by atoms with Crippen LogP contribution in [0, 0.1) is 40.9 Å². The molecule has 4 bridgehead atoms. The molecule has 5 rings (SSSR count). The van der Waals surface area contributed by atoms with Gasteiger partial charge in [-0.05, 0) is 96.3 Å². The largest absolute Gasteiger partial charge is 0.458 e. The van der Waals surface area contributed by atoms with Crippen molar-refractivity contribution in [3.63, 3.8) is 0 Å². The third kappa shape index (κ3) is 5.13. The number of hydrogen-bond acceptors (Lipinski definition) is 7. The molecule has 1 N–H and O–H groups in total. The van der Waals surface area contributed by atoms with Crippen LogP contribution >= 0.6 is 0 Å². The van der Waals surface area contributed by atoms with Crippen molar-refractivity contribution in [2.75, 3.05) is 6.61 Å². The molecule has 0 aromatic rings. The summed E-state index contributed by atoms with van der Waals surface area (Å²) in [6, 6.07) is 0. The first-order chi connectivity index (χ1) is 18.2. The van der Waals surface area contributed by atoms with Gasteiger partial charge in [-0.1, -0.05) is 0 Å². The molecule has 1 heterocycles. The first kappa shape index (κ1) is 31.1. The van der Waals surface area contributed by atoms with E-state index >= 15 is 0 Å². The van der Waals surface area contributed by atoms with Gasteiger partial charge >= 0.3 is 30.3 Å². The summed E-state index contributed by atoms with van der Waals surface area (Å²) in [6.45, 7) is 5.46. The van der Waals surface area contributed by atoms with Crippen LogP contribution in [0.15, 0.2) is 0 Å². The Morgan fingerprint density at radius 1 is 0.975 bits per heavy atom. The predicted molar refractivity (Wildman–Crippen MR) is 125 cm³/mol. The van der Waals surface area contributed by atoms with Crippen LogP contribution in [0.1, 0.15) is 72.6 Å². The molecule has 7 nitrogen and oxygen atoms in total. The summed E-state index contributed by atoms with van der Waals surface area (Å²) in [5.74, 6) is -3.72. The Hall–Kier alpha value is -1.89. The maximum Gasteiger partial charge on any atom is 0.426 e. The second-order valence-electron chi connectivity index (χ2n) is 12.9. The van der Waals surface area contributed by atoms with Crippen LogP contribution in [0.3, 0.4) is 0 Å². The molecule has 40 heavy (non-hydrogen) atoms. The Labute approximate surface area is 228 Å². The summed E-state index contributed by atoms with van der Waals surface area (Å²) in [6.07, 6.45) is -10.6. The second kappa shape index (κ2) is 10.1. The molecule has 5 fully saturated rings. The summed E-state index contributed by atoms with van der Waals surface area (Å²) < 4.78 is 93.9. The van der Waals surface area contributed by atoms with Gasteiger partial charge in [-0.3, -0.25) is 14.4 Å². The summed E-state index contributed by atoms with van der Waals surface area (Å²) in [7, 11) is 0. The average molecular weight is 587 g/mol. The number of rotatable bonds is 9. The molecule has 0 radical (unpaired) electrons. The number of aliphatic hydroxyl groups is 1. The van der Waals surface area contributed by atoms with Gasteiger partial charge in [0.25, 0.3) is 5.60 Å². The van der Waals surface area contributed by atoms with Crippen molar-refractivity contribution in [1.82, 2.24) is 0 Å². The lowest BCUT2D eigenvalue weighted by Gasteiger charge is -2.59. The molecule has 1 saturated heterocycles. The van der Waals surface area contributed by atoms with E-state index in [9.17, 15) is 45.8 Å². The summed E-state index contributed by atoms with van der Waals surface area (Å²) in [4.78, 5) is 39.0. The number of halogens is 6. The average Bonchev–Trinajstić information content (AvgIpc) is 3.12. The van der Waals surface area contributed by atoms with Gasteiger partial charge in [0.1, 0.15) is 5.60 Å². The molecule has 3 unspecified atom stereocenters. The van der Waals surface area contributed by atoms with Crippen LogP contribution in [0.25, 0.3) is 0 Å². The van der Waals surface area contributed by atoms with Crippen LogP contribution < -0.4 is 0 Å². The van der Waals surface area contributed by atoms with E-state index in [4.69, 9.17) is 14.2 Å². The van der Waals surface area contributed by atoms with E-state index in [1.54, 1.807) is 0 Å². The molecule has 5 aliphatic rings. The molecule has 0 spiro atoms. The zero-order valence-electron chi connectivity index (χ0n) is 22.9. The lowest BCUT2D eigenvalue weighted by Crippen LogP contribution is -2.59. The van der Waals surface area contributed by atoms with Crippen molar-refractivity contribution >= 4 is 17.9 Å². The van der Waals surface area contributed by atoms with Crippen LogP contribution in [-0.4, -0.2) is 59.3 Å². The number of carbonyl (C=O) groups is 3. The molecule has 228 valence electrons. The van der Waals surface area contributed by atoms with E-state index in [2.05, 4.69) is 0 Å². The Morgan fingerprint density at radius 2 is 1.48 bits per heavy atom. The molecule has 4 saturated carbocycles. The maximum absolute atomic E-state index is 13.6. The van der Waals surface area contributed by atoms with Crippen LogP contribution in [-0.2, 0) is 28.6 Å². The van der Waals surface area contributed by atoms with Crippen molar-refractivity contribution in [2.24, 2.45) is 40.9 Å². The summed E-state index contributed by atoms with van der Waals surface area (Å²) in [5.41, 5.74) is -7.17. The highest BCUT2D eigenvalue weighted by Crippen LogP contribution is 2.60. The van der Waals surface area contributed by atoms with Crippen molar-refractivity contribution in [2.45, 2.75) is 102 Å². The van der Waals surface area contributed by atoms with Gasteiger partial charge in [-0.2, -0.15) is 26.3 Å². The molecule has 1 aliphatic heterocycles. The van der Waals surface area contributed by atoms with E-state index in [-0.39, 0.29) is 11.8 Å². The molecular weight excluding hydrogens is 550 g/mol. The maximum atomic E-state index is 13.6. The molecule has 0 aromatic carbocycles. The lowest BCUT2D eigenvalue weighted by atomic mass is 9.50. The van der Waals surface area contributed by atoms with E-state index in [0.29, 0.717) is 11.8 Å². The Morgan fingerprint density at radius 3 is 1.95 bits per heavy atom. The smallest absolute Gasteiger partial charge is 0.426 e. The number of alkyl halides is 6. The zero-order chi connectivity index (χ0) is 30.1. The topological polar surface area (TPSA) is 99.1 Å². The number of carbonyl (C=O) groups excluding carboxylic acids is 3. The number of ether oxygens (including phenoxy) is 3. The van der Waals surface area contributed by atoms with Gasteiger partial charge < -0.3 is 19.3 Å². The number of cyclic esters (lactones) is 2. The normalized spacial score (nSPS) is 35.2. The van der Waals surface area contributed by atoms with Gasteiger partial charge in [0, 0.05) is 6.61 Å². The van der Waals surface area contributed by atoms with Gasteiger partial charge in [0.15, 0.2) is 0 Å². The highest BCUT2D eigenvalue weighted by molar-refractivity contribution is 6.00. The lowest BCUT2D eigenvalue weighted by molar-refractivity contribution is -0.370. The molecule has 4 aliphatic carbocycles. The third-order valence-electron chi connectivity index (χ3n) is 9.97. The highest BCUT2D eigenvalue weighted by atomic mass is 19.4. The monoisotopic (exact) mass is 586 g/mol. The van der Waals surface area contributed by atoms with Gasteiger partial charge in [-0.15, -0.1) is 0 Å². The minimum atomic E-state index is -5.96. The van der Waals surface area contributed by atoms with Crippen LogP contribution in [0.5, 0.6) is 0 Å². The Kier molecular flexibility index (Phi) is 7.87. The van der Waals surface area contributed by atoms with Gasteiger partial charge in [0.05, 0.1) is 23.4 Å². The van der Waals surface area contributed by atoms with Crippen molar-refractivity contribution < 1.29 is 60.0 Å². The fourth-order valence-electron chi connectivity index (χ4n) is 7.61. The first-order valence-corrected chi connectivity index (χ1v) is 13.7. The highest BCUT2D eigenvalue weighted by Gasteiger charge is 2.69. The quantitative estimate of drug-likeness (QED) is 0.173. The predicted octanol–water partition coefficient (Wildman–Crippen LogP) is 5.13. The number of esters is 3. The van der Waals surface area contributed by atoms with Crippen molar-refractivity contribution in [3.8, 4) is 0 Å². The molecule has 0 aromatic heterocycles. The standard InChI is InChI=1S/C27H36F6O7/c1-13(38-7-5-6-25(37,26(28,29)30)27(31,32)33)18-19(21(35)39-20(18)34)23(2,3)22(36)40-24(4)16-9-14-8-15(11-16)12-17(24)10-14/h13-19,37H,5-12H2,1-4H3. The van der Waals surface area contributed by atoms with E-state index in [1.165, 1.54) is 27.2 Å². The van der Waals surface area contributed by atoms with Crippen LogP contribution in [0.2, 0.25) is 0 Å². The minimum absolute atomic E-state index is 0.200. The van der Waals surface area contributed by atoms with Crippen LogP contribution in [0.4, 0.5) is 26.3 Å². The van der Waals surface area contributed by atoms with Crippen molar-refractivity contribution in [1.29, 1.82) is 0 Å². The molecule has 3 atom stereocenters. The van der Waals surface area contributed by atoms with Crippen molar-refractivity contribution in [3.05, 3.63) is 0 Å². The fraction of sp³-hybridized carbons (Fsp3) is 0.889. The third-order valence-corrected chi connectivity index (χ3v) is 9.97. The SMILES string of the molecule is CC(OCCCC(O)(C(F)(F)F)C(F)(F)F)C1C(=O)OC(=O)C1C(C)(C)C(=O)OC1(C)C2CC3CC(C2)CC1C3. The van der Waals surface area contributed by atoms with E-state index in [0.717, 1.165) is 25.7 Å².